The molecule has 0 radical (unpaired) electrons. The van der Waals surface area contributed by atoms with Gasteiger partial charge >= 0.3 is 0 Å². The summed E-state index contributed by atoms with van der Waals surface area (Å²) in [6.45, 7) is 0. The number of furan rings is 2. The van der Waals surface area contributed by atoms with Crippen LogP contribution >= 0.6 is 0 Å². The van der Waals surface area contributed by atoms with E-state index in [0.29, 0.717) is 0 Å². The molecule has 9 rings (SSSR count). The first-order valence-corrected chi connectivity index (χ1v) is 14.5. The molecule has 0 bridgehead atoms. The predicted octanol–water partition coefficient (Wildman–Crippen LogP) is 11.8. The van der Waals surface area contributed by atoms with Crippen LogP contribution < -0.4 is 4.90 Å². The van der Waals surface area contributed by atoms with E-state index in [9.17, 15) is 0 Å². The summed E-state index contributed by atoms with van der Waals surface area (Å²) in [5.74, 6) is 0. The van der Waals surface area contributed by atoms with E-state index in [0.717, 1.165) is 72.1 Å². The molecule has 0 N–H and O–H groups in total. The summed E-state index contributed by atoms with van der Waals surface area (Å²) in [5, 5.41) is 6.82. The van der Waals surface area contributed by atoms with Gasteiger partial charge in [-0.3, -0.25) is 0 Å². The van der Waals surface area contributed by atoms with Gasteiger partial charge in [0.2, 0.25) is 0 Å². The van der Waals surface area contributed by atoms with E-state index in [1.54, 1.807) is 0 Å². The lowest BCUT2D eigenvalue weighted by Crippen LogP contribution is -2.09. The van der Waals surface area contributed by atoms with Crippen molar-refractivity contribution in [1.29, 1.82) is 0 Å². The summed E-state index contributed by atoms with van der Waals surface area (Å²) in [7, 11) is 0. The van der Waals surface area contributed by atoms with E-state index < -0.39 is 0 Å². The Morgan fingerprint density at radius 2 is 0.860 bits per heavy atom. The second-order valence-electron chi connectivity index (χ2n) is 10.9. The fourth-order valence-electron chi connectivity index (χ4n) is 6.57. The molecular weight excluding hydrogens is 526 g/mol. The van der Waals surface area contributed by atoms with Crippen molar-refractivity contribution in [1.82, 2.24) is 0 Å². The Bertz CT molecular complexity index is 2400. The van der Waals surface area contributed by atoms with E-state index in [-0.39, 0.29) is 0 Å². The fraction of sp³-hybridized carbons (Fsp3) is 0. The zero-order chi connectivity index (χ0) is 28.3. The third-order valence-corrected chi connectivity index (χ3v) is 8.45. The van der Waals surface area contributed by atoms with Crippen molar-refractivity contribution >= 4 is 71.7 Å². The largest absolute Gasteiger partial charge is 0.456 e. The highest BCUT2D eigenvalue weighted by Gasteiger charge is 2.20. The first-order valence-electron chi connectivity index (χ1n) is 14.5. The van der Waals surface area contributed by atoms with Crippen LogP contribution in [-0.4, -0.2) is 0 Å². The van der Waals surface area contributed by atoms with E-state index in [4.69, 9.17) is 8.83 Å². The summed E-state index contributed by atoms with van der Waals surface area (Å²) in [5.41, 5.74) is 9.14. The first-order chi connectivity index (χ1) is 21.3. The van der Waals surface area contributed by atoms with Crippen LogP contribution in [0.4, 0.5) is 17.1 Å². The van der Waals surface area contributed by atoms with Gasteiger partial charge in [-0.2, -0.15) is 0 Å². The Labute approximate surface area is 247 Å². The third-order valence-electron chi connectivity index (χ3n) is 8.45. The number of fused-ring (bicyclic) bond motifs is 9. The Morgan fingerprint density at radius 3 is 1.56 bits per heavy atom. The van der Waals surface area contributed by atoms with Gasteiger partial charge in [-0.1, -0.05) is 91.0 Å². The van der Waals surface area contributed by atoms with Gasteiger partial charge in [0.25, 0.3) is 0 Å². The normalized spacial score (nSPS) is 11.7. The summed E-state index contributed by atoms with van der Waals surface area (Å²) in [6, 6.07) is 53.0. The van der Waals surface area contributed by atoms with Crippen molar-refractivity contribution in [3.8, 4) is 11.1 Å². The quantitative estimate of drug-likeness (QED) is 0.218. The van der Waals surface area contributed by atoms with Gasteiger partial charge in [-0.15, -0.1) is 0 Å². The molecule has 3 heteroatoms. The molecule has 7 aromatic carbocycles. The highest BCUT2D eigenvalue weighted by molar-refractivity contribution is 6.31. The zero-order valence-corrected chi connectivity index (χ0v) is 23.2. The average Bonchev–Trinajstić information content (AvgIpc) is 3.64. The topological polar surface area (TPSA) is 29.5 Å². The maximum atomic E-state index is 6.58. The number of anilines is 3. The van der Waals surface area contributed by atoms with Crippen molar-refractivity contribution in [3.63, 3.8) is 0 Å². The van der Waals surface area contributed by atoms with E-state index in [1.165, 1.54) is 10.8 Å². The molecule has 9 aromatic rings. The van der Waals surface area contributed by atoms with Gasteiger partial charge in [0.1, 0.15) is 22.3 Å². The third kappa shape index (κ3) is 3.68. The van der Waals surface area contributed by atoms with Crippen molar-refractivity contribution in [2.45, 2.75) is 0 Å². The average molecular weight is 552 g/mol. The summed E-state index contributed by atoms with van der Waals surface area (Å²) in [6.07, 6.45) is 0. The van der Waals surface area contributed by atoms with Crippen LogP contribution in [0.1, 0.15) is 0 Å². The smallest absolute Gasteiger partial charge is 0.136 e. The molecule has 0 aliphatic heterocycles. The van der Waals surface area contributed by atoms with E-state index in [1.807, 2.05) is 24.3 Å². The minimum atomic E-state index is 0.869. The molecule has 0 fully saturated rings. The van der Waals surface area contributed by atoms with Crippen molar-refractivity contribution in [3.05, 3.63) is 152 Å². The molecule has 0 amide bonds. The van der Waals surface area contributed by atoms with Crippen molar-refractivity contribution < 1.29 is 8.83 Å². The minimum absolute atomic E-state index is 0.869. The molecule has 0 spiro atoms. The summed E-state index contributed by atoms with van der Waals surface area (Å²) >= 11 is 0. The Hall–Kier alpha value is -5.80. The second kappa shape index (κ2) is 9.37. The number of nitrogens with zero attached hydrogens (tertiary/aromatic N) is 1. The molecule has 3 nitrogen and oxygen atoms in total. The van der Waals surface area contributed by atoms with Crippen LogP contribution in [0.15, 0.2) is 160 Å². The van der Waals surface area contributed by atoms with Crippen LogP contribution in [0.2, 0.25) is 0 Å². The van der Waals surface area contributed by atoms with E-state index >= 15 is 0 Å². The maximum Gasteiger partial charge on any atom is 0.136 e. The molecule has 0 saturated heterocycles. The first kappa shape index (κ1) is 23.9. The molecule has 2 heterocycles. The number of para-hydroxylation sites is 3. The molecule has 0 aliphatic rings. The number of hydrogen-bond donors (Lipinski definition) is 0. The molecule has 43 heavy (non-hydrogen) atoms. The second-order valence-corrected chi connectivity index (χ2v) is 10.9. The van der Waals surface area contributed by atoms with Crippen LogP contribution in [0, 0.1) is 0 Å². The van der Waals surface area contributed by atoms with Crippen LogP contribution in [0.5, 0.6) is 0 Å². The van der Waals surface area contributed by atoms with Crippen molar-refractivity contribution in [2.24, 2.45) is 0 Å². The molecular formula is C40H25NO2. The molecule has 0 saturated carbocycles. The Balaban J connectivity index is 1.25. The number of rotatable bonds is 4. The van der Waals surface area contributed by atoms with Crippen molar-refractivity contribution in [2.75, 3.05) is 4.90 Å². The highest BCUT2D eigenvalue weighted by Crippen LogP contribution is 2.45. The summed E-state index contributed by atoms with van der Waals surface area (Å²) in [4.78, 5) is 2.28. The lowest BCUT2D eigenvalue weighted by Gasteiger charge is -2.25. The van der Waals surface area contributed by atoms with Gasteiger partial charge in [-0.25, -0.2) is 0 Å². The molecule has 202 valence electrons. The standard InChI is InChI=1S/C40H25NO2/c1-3-11-27(12-4-1)41(28-13-5-2-6-14-28)29-21-19-26(20-22-29)33-25-37-38(31-16-8-7-15-30(31)33)40-36(43-37)24-23-35-39(40)32-17-9-10-18-34(32)42-35/h1-25H. The number of benzene rings is 7. The van der Waals surface area contributed by atoms with Crippen LogP contribution in [-0.2, 0) is 0 Å². The van der Waals surface area contributed by atoms with E-state index in [2.05, 4.69) is 132 Å². The monoisotopic (exact) mass is 551 g/mol. The van der Waals surface area contributed by atoms with Gasteiger partial charge < -0.3 is 13.7 Å². The minimum Gasteiger partial charge on any atom is -0.456 e. The fourth-order valence-corrected chi connectivity index (χ4v) is 6.57. The Kier molecular flexibility index (Phi) is 5.20. The van der Waals surface area contributed by atoms with Gasteiger partial charge in [0.05, 0.1) is 0 Å². The highest BCUT2D eigenvalue weighted by atomic mass is 16.3. The predicted molar refractivity (Wildman–Crippen MR) is 179 cm³/mol. The SMILES string of the molecule is c1ccc(N(c2ccccc2)c2ccc(-c3cc4oc5ccc6oc7ccccc7c6c5c4c4ccccc34)cc2)cc1. The van der Waals surface area contributed by atoms with Crippen LogP contribution in [0.25, 0.3) is 65.8 Å². The molecule has 0 atom stereocenters. The number of hydrogen-bond acceptors (Lipinski definition) is 3. The van der Waals surface area contributed by atoms with Gasteiger partial charge in [0, 0.05) is 38.6 Å². The van der Waals surface area contributed by atoms with Gasteiger partial charge in [-0.05, 0) is 82.6 Å². The lowest BCUT2D eigenvalue weighted by molar-refractivity contribution is 0.663. The van der Waals surface area contributed by atoms with Gasteiger partial charge in [0.15, 0.2) is 0 Å². The van der Waals surface area contributed by atoms with Crippen LogP contribution in [0.3, 0.4) is 0 Å². The molecule has 2 aromatic heterocycles. The zero-order valence-electron chi connectivity index (χ0n) is 23.2. The summed E-state index contributed by atoms with van der Waals surface area (Å²) < 4.78 is 12.8. The molecule has 0 unspecified atom stereocenters. The Morgan fingerprint density at radius 1 is 0.349 bits per heavy atom. The molecule has 0 aliphatic carbocycles. The maximum absolute atomic E-state index is 6.58. The lowest BCUT2D eigenvalue weighted by atomic mass is 9.94.